The van der Waals surface area contributed by atoms with Gasteiger partial charge >= 0.3 is 0 Å². The molecule has 1 saturated heterocycles. The normalized spacial score (nSPS) is 18.0. The van der Waals surface area contributed by atoms with Crippen LogP contribution in [-0.2, 0) is 21.4 Å². The van der Waals surface area contributed by atoms with E-state index >= 15 is 0 Å². The highest BCUT2D eigenvalue weighted by molar-refractivity contribution is 7.89. The molecule has 1 fully saturated rings. The van der Waals surface area contributed by atoms with E-state index in [0.717, 1.165) is 11.0 Å². The quantitative estimate of drug-likeness (QED) is 0.665. The van der Waals surface area contributed by atoms with E-state index in [1.54, 1.807) is 13.8 Å². The molecule has 3 heterocycles. The highest BCUT2D eigenvalue weighted by Crippen LogP contribution is 2.28. The van der Waals surface area contributed by atoms with Crippen molar-refractivity contribution in [1.29, 1.82) is 0 Å². The molecule has 10 heteroatoms. The third-order valence-electron chi connectivity index (χ3n) is 5.53. The summed E-state index contributed by atoms with van der Waals surface area (Å²) in [5, 5.41) is 6.67. The molecule has 1 atom stereocenters. The fraction of sp³-hybridized carbons (Fsp3) is 0.450. The minimum Gasteiger partial charge on any atom is -0.360 e. The van der Waals surface area contributed by atoms with Crippen molar-refractivity contribution in [2.24, 2.45) is 5.92 Å². The Labute approximate surface area is 175 Å². The van der Waals surface area contributed by atoms with Crippen LogP contribution in [0.15, 0.2) is 33.7 Å². The van der Waals surface area contributed by atoms with Gasteiger partial charge in [-0.1, -0.05) is 17.3 Å². The zero-order chi connectivity index (χ0) is 21.5. The van der Waals surface area contributed by atoms with E-state index in [1.807, 2.05) is 35.8 Å². The molecule has 30 heavy (non-hydrogen) atoms. The monoisotopic (exact) mass is 431 g/mol. The molecular formula is C20H25N5O4S. The lowest BCUT2D eigenvalue weighted by Crippen LogP contribution is -2.44. The Morgan fingerprint density at radius 2 is 2.07 bits per heavy atom. The van der Waals surface area contributed by atoms with Crippen LogP contribution in [0.2, 0.25) is 0 Å². The molecule has 1 aliphatic heterocycles. The molecule has 1 aliphatic rings. The maximum Gasteiger partial charge on any atom is 0.248 e. The lowest BCUT2D eigenvalue weighted by atomic mass is 9.99. The molecule has 1 amide bonds. The molecule has 0 saturated carbocycles. The maximum atomic E-state index is 13.1. The fourth-order valence-electron chi connectivity index (χ4n) is 4.05. The topological polar surface area (TPSA) is 110 Å². The lowest BCUT2D eigenvalue weighted by molar-refractivity contribution is -0.120. The summed E-state index contributed by atoms with van der Waals surface area (Å²) in [6.07, 6.45) is 1.22. The smallest absolute Gasteiger partial charge is 0.248 e. The summed E-state index contributed by atoms with van der Waals surface area (Å²) in [6, 6.07) is 7.69. The van der Waals surface area contributed by atoms with Crippen LogP contribution in [0.5, 0.6) is 0 Å². The van der Waals surface area contributed by atoms with E-state index in [9.17, 15) is 13.2 Å². The molecule has 9 nitrogen and oxygen atoms in total. The predicted molar refractivity (Wildman–Crippen MR) is 111 cm³/mol. The number of hydrogen-bond acceptors (Lipinski definition) is 6. The molecule has 0 radical (unpaired) electrons. The molecule has 3 aromatic rings. The van der Waals surface area contributed by atoms with Gasteiger partial charge in [-0.2, -0.15) is 4.31 Å². The van der Waals surface area contributed by atoms with Gasteiger partial charge in [-0.15, -0.1) is 0 Å². The number of hydrogen-bond donors (Lipinski definition) is 1. The van der Waals surface area contributed by atoms with Crippen LogP contribution in [0.3, 0.4) is 0 Å². The van der Waals surface area contributed by atoms with Crippen LogP contribution in [0.1, 0.15) is 31.2 Å². The first-order valence-corrected chi connectivity index (χ1v) is 11.5. The number of amides is 1. The average molecular weight is 432 g/mol. The molecule has 4 rings (SSSR count). The summed E-state index contributed by atoms with van der Waals surface area (Å²) < 4.78 is 34.6. The van der Waals surface area contributed by atoms with Gasteiger partial charge in [-0.25, -0.2) is 13.4 Å². The molecule has 0 bridgehead atoms. The number of fused-ring (bicyclic) bond motifs is 1. The lowest BCUT2D eigenvalue weighted by Gasteiger charge is -2.31. The van der Waals surface area contributed by atoms with Gasteiger partial charge in [0.05, 0.1) is 17.0 Å². The predicted octanol–water partition coefficient (Wildman–Crippen LogP) is 2.70. The van der Waals surface area contributed by atoms with E-state index < -0.39 is 15.9 Å². The second-order valence-corrected chi connectivity index (χ2v) is 9.39. The number of anilines is 1. The van der Waals surface area contributed by atoms with Crippen molar-refractivity contribution in [1.82, 2.24) is 19.0 Å². The van der Waals surface area contributed by atoms with Crippen LogP contribution in [-0.4, -0.2) is 46.4 Å². The second-order valence-electron chi connectivity index (χ2n) is 7.51. The number of carbonyl (C=O) groups excluding carboxylic acids is 1. The standard InChI is InChI=1S/C20H25N5O4S/c1-4-25-17-10-6-5-9-16(17)21-20(25)22-19(26)15-8-7-11-24(12-15)30(27,28)18-13(2)23-29-14(18)3/h5-6,9-10,15H,4,7-8,11-12H2,1-3H3,(H,21,22,26)/t15-/m0/s1. The molecule has 1 aromatic carbocycles. The summed E-state index contributed by atoms with van der Waals surface area (Å²) in [6.45, 7) is 6.31. The summed E-state index contributed by atoms with van der Waals surface area (Å²) in [4.78, 5) is 17.6. The van der Waals surface area contributed by atoms with Crippen molar-refractivity contribution in [3.8, 4) is 0 Å². The minimum absolute atomic E-state index is 0.0938. The molecule has 160 valence electrons. The first kappa shape index (κ1) is 20.5. The number of piperidine rings is 1. The first-order chi connectivity index (χ1) is 14.3. The summed E-state index contributed by atoms with van der Waals surface area (Å²) in [5.74, 6) is 0.0583. The Hall–Kier alpha value is -2.72. The average Bonchev–Trinajstić information content (AvgIpc) is 3.26. The van der Waals surface area contributed by atoms with Crippen molar-refractivity contribution < 1.29 is 17.7 Å². The van der Waals surface area contributed by atoms with Gasteiger partial charge in [-0.3, -0.25) is 10.1 Å². The molecule has 1 N–H and O–H groups in total. The fourth-order valence-corrected chi connectivity index (χ4v) is 5.86. The second kappa shape index (κ2) is 7.84. The van der Waals surface area contributed by atoms with E-state index in [-0.39, 0.29) is 23.1 Å². The Kier molecular flexibility index (Phi) is 5.37. The van der Waals surface area contributed by atoms with E-state index in [2.05, 4.69) is 15.5 Å². The van der Waals surface area contributed by atoms with Crippen molar-refractivity contribution in [2.45, 2.75) is 45.1 Å². The molecule has 0 spiro atoms. The van der Waals surface area contributed by atoms with Crippen LogP contribution in [0, 0.1) is 19.8 Å². The number of benzene rings is 1. The number of carbonyl (C=O) groups is 1. The van der Waals surface area contributed by atoms with Gasteiger partial charge in [0.15, 0.2) is 5.76 Å². The van der Waals surface area contributed by atoms with Gasteiger partial charge < -0.3 is 9.09 Å². The van der Waals surface area contributed by atoms with Crippen LogP contribution < -0.4 is 5.32 Å². The summed E-state index contributed by atoms with van der Waals surface area (Å²) in [5.41, 5.74) is 2.08. The van der Waals surface area contributed by atoms with E-state index in [0.29, 0.717) is 37.6 Å². The maximum absolute atomic E-state index is 13.1. The Bertz CT molecular complexity index is 1180. The Morgan fingerprint density at radius 1 is 1.30 bits per heavy atom. The molecular weight excluding hydrogens is 406 g/mol. The number of nitrogens with one attached hydrogen (secondary N) is 1. The van der Waals surface area contributed by atoms with Gasteiger partial charge in [0.2, 0.25) is 21.9 Å². The van der Waals surface area contributed by atoms with Gasteiger partial charge in [-0.05, 0) is 45.7 Å². The minimum atomic E-state index is -3.78. The Balaban J connectivity index is 1.55. The molecule has 0 aliphatic carbocycles. The van der Waals surface area contributed by atoms with E-state index in [4.69, 9.17) is 4.52 Å². The van der Waals surface area contributed by atoms with Gasteiger partial charge in [0.25, 0.3) is 0 Å². The third kappa shape index (κ3) is 3.50. The Morgan fingerprint density at radius 3 is 2.77 bits per heavy atom. The van der Waals surface area contributed by atoms with Crippen LogP contribution in [0.25, 0.3) is 11.0 Å². The third-order valence-corrected chi connectivity index (χ3v) is 7.64. The number of imidazole rings is 1. The summed E-state index contributed by atoms with van der Waals surface area (Å²) in [7, 11) is -3.78. The van der Waals surface area contributed by atoms with Crippen molar-refractivity contribution >= 4 is 32.9 Å². The van der Waals surface area contributed by atoms with Gasteiger partial charge in [0, 0.05) is 19.6 Å². The van der Waals surface area contributed by atoms with Crippen molar-refractivity contribution in [3.05, 3.63) is 35.7 Å². The van der Waals surface area contributed by atoms with E-state index in [1.165, 1.54) is 4.31 Å². The number of nitrogens with zero attached hydrogens (tertiary/aromatic N) is 4. The van der Waals surface area contributed by atoms with Crippen LogP contribution in [0.4, 0.5) is 5.95 Å². The molecule has 0 unspecified atom stereocenters. The zero-order valence-electron chi connectivity index (χ0n) is 17.3. The van der Waals surface area contributed by atoms with Gasteiger partial charge in [0.1, 0.15) is 10.6 Å². The van der Waals surface area contributed by atoms with Crippen LogP contribution >= 0.6 is 0 Å². The van der Waals surface area contributed by atoms with Crippen molar-refractivity contribution in [3.63, 3.8) is 0 Å². The number of aryl methyl sites for hydroxylation is 3. The number of para-hydroxylation sites is 2. The largest absolute Gasteiger partial charge is 0.360 e. The zero-order valence-corrected chi connectivity index (χ0v) is 18.1. The summed E-state index contributed by atoms with van der Waals surface area (Å²) >= 11 is 0. The SMILES string of the molecule is CCn1c(NC(=O)[C@H]2CCCN(S(=O)(=O)c3c(C)noc3C)C2)nc2ccccc21. The number of rotatable bonds is 5. The highest BCUT2D eigenvalue weighted by atomic mass is 32.2. The number of aromatic nitrogens is 3. The van der Waals surface area contributed by atoms with Crippen molar-refractivity contribution in [2.75, 3.05) is 18.4 Å². The molecule has 2 aromatic heterocycles. The first-order valence-electron chi connectivity index (χ1n) is 10.0. The highest BCUT2D eigenvalue weighted by Gasteiger charge is 2.36. The number of sulfonamides is 1.